The fourth-order valence-electron chi connectivity index (χ4n) is 8.56. The van der Waals surface area contributed by atoms with E-state index in [4.69, 9.17) is 0 Å². The molecule has 6 atom stereocenters. The molecule has 1 aromatic heterocycles. The highest BCUT2D eigenvalue weighted by atomic mass is 33.7. The van der Waals surface area contributed by atoms with Crippen molar-refractivity contribution >= 4 is 87.4 Å². The number of carbonyl (C=O) groups excluding carboxylic acids is 5. The number of amides is 5. The molecule has 6 aliphatic rings. The summed E-state index contributed by atoms with van der Waals surface area (Å²) in [6.45, 7) is 1.22. The maximum absolute atomic E-state index is 14.4. The van der Waals surface area contributed by atoms with E-state index in [0.717, 1.165) is 27.7 Å². The Hall–Kier alpha value is -3.51. The van der Waals surface area contributed by atoms with Crippen molar-refractivity contribution in [3.8, 4) is 0 Å². The lowest BCUT2D eigenvalue weighted by Crippen LogP contribution is -2.74. The zero-order valence-corrected chi connectivity index (χ0v) is 30.1. The normalized spacial score (nSPS) is 33.5. The number of anilines is 1. The van der Waals surface area contributed by atoms with E-state index in [0.29, 0.717) is 0 Å². The van der Waals surface area contributed by atoms with Gasteiger partial charge >= 0.3 is 11.8 Å². The number of piperazine rings is 2. The summed E-state index contributed by atoms with van der Waals surface area (Å²) in [5, 5.41) is 20.3. The summed E-state index contributed by atoms with van der Waals surface area (Å²) in [6.07, 6.45) is 1.44. The number of likely N-dealkylation sites (N-methyl/N-ethyl adjacent to an activating group) is 3. The van der Waals surface area contributed by atoms with Gasteiger partial charge in [-0.1, -0.05) is 36.4 Å². The molecule has 256 valence electrons. The van der Waals surface area contributed by atoms with E-state index in [1.165, 1.54) is 63.0 Å². The number of aliphatic hydroxyl groups excluding tert-OH is 1. The van der Waals surface area contributed by atoms with E-state index < -0.39 is 57.4 Å². The zero-order chi connectivity index (χ0) is 34.7. The van der Waals surface area contributed by atoms with Crippen molar-refractivity contribution in [3.05, 3.63) is 65.9 Å². The lowest BCUT2D eigenvalue weighted by atomic mass is 9.77. The van der Waals surface area contributed by atoms with Crippen LogP contribution < -0.4 is 16.0 Å². The average molecular weight is 740 g/mol. The summed E-state index contributed by atoms with van der Waals surface area (Å²) in [6, 6.07) is 14.7. The van der Waals surface area contributed by atoms with Crippen molar-refractivity contribution in [2.45, 2.75) is 52.8 Å². The zero-order valence-electron chi connectivity index (χ0n) is 26.9. The summed E-state index contributed by atoms with van der Waals surface area (Å²) in [5.74, 6) is -2.62. The Morgan fingerprint density at radius 1 is 0.959 bits per heavy atom. The second-order valence-electron chi connectivity index (χ2n) is 13.0. The summed E-state index contributed by atoms with van der Waals surface area (Å²) >= 11 is 0. The molecular formula is C32H33N7O6S4. The molecule has 6 aliphatic heterocycles. The highest BCUT2D eigenvalue weighted by Crippen LogP contribution is 2.62. The van der Waals surface area contributed by atoms with E-state index in [1.807, 2.05) is 54.7 Å². The number of hydrogen-bond donors (Lipinski definition) is 4. The minimum atomic E-state index is -1.44. The molecule has 5 fully saturated rings. The molecule has 5 amide bonds. The van der Waals surface area contributed by atoms with Crippen LogP contribution in [0.3, 0.4) is 0 Å². The largest absolute Gasteiger partial charge is 0.392 e. The van der Waals surface area contributed by atoms with Crippen molar-refractivity contribution < 1.29 is 29.1 Å². The van der Waals surface area contributed by atoms with Crippen molar-refractivity contribution in [2.24, 2.45) is 0 Å². The molecule has 17 heteroatoms. The van der Waals surface area contributed by atoms with Gasteiger partial charge in [0.2, 0.25) is 10.8 Å². The predicted octanol–water partition coefficient (Wildman–Crippen LogP) is 1.92. The Kier molecular flexibility index (Phi) is 7.33. The Bertz CT molecular complexity index is 2000. The summed E-state index contributed by atoms with van der Waals surface area (Å²) in [5.41, 5.74) is 0.716. The van der Waals surface area contributed by atoms with Gasteiger partial charge in [-0.25, -0.2) is 0 Å². The van der Waals surface area contributed by atoms with E-state index in [-0.39, 0.29) is 24.7 Å². The van der Waals surface area contributed by atoms with Gasteiger partial charge in [-0.15, -0.1) is 0 Å². The molecule has 13 nitrogen and oxygen atoms in total. The maximum Gasteiger partial charge on any atom is 0.314 e. The van der Waals surface area contributed by atoms with Crippen LogP contribution >= 0.6 is 41.2 Å². The molecule has 49 heavy (non-hydrogen) atoms. The van der Waals surface area contributed by atoms with Gasteiger partial charge in [0.15, 0.2) is 4.87 Å². The second-order valence-corrected chi connectivity index (χ2v) is 19.3. The molecule has 4 N–H and O–H groups in total. The lowest BCUT2D eigenvalue weighted by molar-refractivity contribution is -0.164. The van der Waals surface area contributed by atoms with Crippen molar-refractivity contribution in [3.63, 3.8) is 0 Å². The molecule has 0 spiro atoms. The predicted molar refractivity (Wildman–Crippen MR) is 191 cm³/mol. The van der Waals surface area contributed by atoms with E-state index in [1.54, 1.807) is 21.0 Å². The van der Waals surface area contributed by atoms with Gasteiger partial charge in [0.1, 0.15) is 17.2 Å². The molecule has 5 saturated heterocycles. The molecule has 3 aromatic rings. The topological polar surface area (TPSA) is 156 Å². The number of rotatable bonds is 5. The maximum atomic E-state index is 14.4. The number of fused-ring (bicyclic) bond motifs is 11. The van der Waals surface area contributed by atoms with Crippen molar-refractivity contribution in [1.29, 1.82) is 0 Å². The highest BCUT2D eigenvalue weighted by molar-refractivity contribution is 9.26. The third kappa shape index (κ3) is 3.90. The third-order valence-electron chi connectivity index (χ3n) is 11.1. The molecule has 0 radical (unpaired) electrons. The van der Waals surface area contributed by atoms with Crippen LogP contribution in [0.15, 0.2) is 54.7 Å². The number of carbonyl (C=O) groups is 5. The highest BCUT2D eigenvalue weighted by Gasteiger charge is 2.73. The van der Waals surface area contributed by atoms with Gasteiger partial charge in [-0.2, -0.15) is 0 Å². The Morgan fingerprint density at radius 3 is 2.35 bits per heavy atom. The Labute approximate surface area is 296 Å². The van der Waals surface area contributed by atoms with Gasteiger partial charge in [0.25, 0.3) is 11.8 Å². The van der Waals surface area contributed by atoms with Gasteiger partial charge in [0, 0.05) is 62.3 Å². The van der Waals surface area contributed by atoms with Gasteiger partial charge in [0.05, 0.1) is 12.6 Å². The summed E-state index contributed by atoms with van der Waals surface area (Å²) < 4.78 is 2.09. The fraction of sp³-hybridized carbons (Fsp3) is 0.406. The van der Waals surface area contributed by atoms with E-state index in [9.17, 15) is 29.1 Å². The van der Waals surface area contributed by atoms with Crippen molar-refractivity contribution in [2.75, 3.05) is 33.1 Å². The van der Waals surface area contributed by atoms with Gasteiger partial charge in [-0.05, 0) is 65.9 Å². The van der Waals surface area contributed by atoms with Crippen LogP contribution in [-0.2, 0) is 35.9 Å². The molecule has 2 aromatic carbocycles. The quantitative estimate of drug-likeness (QED) is 0.224. The van der Waals surface area contributed by atoms with Crippen LogP contribution in [0.25, 0.3) is 10.9 Å². The molecular weight excluding hydrogens is 707 g/mol. The van der Waals surface area contributed by atoms with Crippen LogP contribution in [-0.4, -0.2) is 109 Å². The molecule has 0 aliphatic carbocycles. The first-order chi connectivity index (χ1) is 23.4. The number of benzene rings is 2. The molecule has 2 bridgehead atoms. The Morgan fingerprint density at radius 2 is 1.61 bits per heavy atom. The van der Waals surface area contributed by atoms with E-state index >= 15 is 0 Å². The summed E-state index contributed by atoms with van der Waals surface area (Å²) in [7, 11) is 9.94. The monoisotopic (exact) mass is 739 g/mol. The van der Waals surface area contributed by atoms with Crippen LogP contribution in [0.5, 0.6) is 0 Å². The first-order valence-corrected chi connectivity index (χ1v) is 20.5. The number of hydrogen-bond acceptors (Lipinski definition) is 11. The number of nitrogens with one attached hydrogen (secondary N) is 3. The third-order valence-corrected chi connectivity index (χ3v) is 18.4. The Balaban J connectivity index is 1.35. The number of aliphatic hydroxyl groups is 1. The average Bonchev–Trinajstić information content (AvgIpc) is 3.73. The molecule has 0 saturated carbocycles. The molecule has 7 heterocycles. The van der Waals surface area contributed by atoms with E-state index in [2.05, 4.69) is 20.5 Å². The van der Waals surface area contributed by atoms with Crippen LogP contribution in [0.4, 0.5) is 5.69 Å². The number of para-hydroxylation sites is 2. The van der Waals surface area contributed by atoms with Crippen LogP contribution in [0.1, 0.15) is 24.5 Å². The minimum absolute atomic E-state index is 0.141. The lowest BCUT2D eigenvalue weighted by Gasteiger charge is -2.54. The second kappa shape index (κ2) is 11.0. The molecule has 9 rings (SSSR count). The first-order valence-electron chi connectivity index (χ1n) is 15.6. The van der Waals surface area contributed by atoms with Gasteiger partial charge in [-0.3, -0.25) is 28.9 Å². The first kappa shape index (κ1) is 32.7. The fourth-order valence-corrected chi connectivity index (χ4v) is 16.2. The molecule has 0 unspecified atom stereocenters. The van der Waals surface area contributed by atoms with Gasteiger partial charge < -0.3 is 35.4 Å². The standard InChI is InChI=1S/C32H33N7O6S4/c1-17-29(26(43)33-2)15-30(20-10-6-7-11-21(20)35-25(30)39(29)24(42)23(41)34-17)38-14-18(19-9-5-8-12-22(19)38)13-31-27(44)37(4)32(16-40,28(45)36(31)3)47-49-48-46-31/h5-12,14,17,25,35,40H,13,15-16H2,1-4H3,(H,33,43)(H,34,41)/t17-,25+,29-,30-,31-,32-/m0/s1. The number of nitrogens with zero attached hydrogens (tertiary/aromatic N) is 4. The minimum Gasteiger partial charge on any atom is -0.392 e. The van der Waals surface area contributed by atoms with Crippen LogP contribution in [0.2, 0.25) is 0 Å². The number of aromatic nitrogens is 1. The van der Waals surface area contributed by atoms with Crippen molar-refractivity contribution in [1.82, 2.24) is 29.9 Å². The SMILES string of the molecule is CNC(=O)[C@@]12C[C@]3(n4cc(C[C@@]56SSSS[C@@](CO)(C(=O)N5C)N(C)C6=O)c5ccccc54)c4ccccc4N[C@@H]3N1C(=O)C(=O)N[C@H]2C. The summed E-state index contributed by atoms with van der Waals surface area (Å²) in [4.78, 5) is 70.8. The van der Waals surface area contributed by atoms with Crippen LogP contribution in [0, 0.1) is 0 Å². The smallest absolute Gasteiger partial charge is 0.314 e.